The molecule has 0 amide bonds. The van der Waals surface area contributed by atoms with Crippen LogP contribution >= 0.6 is 0 Å². The third kappa shape index (κ3) is 2.59. The number of carbonyl (C=O) groups is 1. The summed E-state index contributed by atoms with van der Waals surface area (Å²) < 4.78 is 52.1. The number of halogens is 2. The summed E-state index contributed by atoms with van der Waals surface area (Å²) >= 11 is 0. The zero-order chi connectivity index (χ0) is 14.9. The van der Waals surface area contributed by atoms with Crippen LogP contribution in [0.3, 0.4) is 0 Å². The lowest BCUT2D eigenvalue weighted by atomic mass is 10.2. The molecule has 2 rings (SSSR count). The van der Waals surface area contributed by atoms with Gasteiger partial charge in [0, 0.05) is 12.3 Å². The first-order valence-electron chi connectivity index (χ1n) is 5.05. The van der Waals surface area contributed by atoms with Gasteiger partial charge in [-0.25, -0.2) is 22.0 Å². The monoisotopic (exact) mass is 303 g/mol. The van der Waals surface area contributed by atoms with Gasteiger partial charge in [0.25, 0.3) is 10.0 Å². The summed E-state index contributed by atoms with van der Waals surface area (Å²) in [4.78, 5) is 10.4. The smallest absolute Gasteiger partial charge is 0.338 e. The van der Waals surface area contributed by atoms with Gasteiger partial charge in [-0.3, -0.25) is 9.82 Å². The Morgan fingerprint density at radius 2 is 2.00 bits per heavy atom. The first-order chi connectivity index (χ1) is 9.31. The number of rotatable bonds is 4. The number of aromatic amines is 1. The van der Waals surface area contributed by atoms with Crippen LogP contribution in [0.25, 0.3) is 0 Å². The van der Waals surface area contributed by atoms with Crippen molar-refractivity contribution in [2.75, 3.05) is 4.72 Å². The molecule has 2 aromatic rings. The molecule has 1 heterocycles. The fourth-order valence-corrected chi connectivity index (χ4v) is 2.34. The summed E-state index contributed by atoms with van der Waals surface area (Å²) in [6.07, 6.45) is 2.02. The fraction of sp³-hybridized carbons (Fsp3) is 0. The number of hydrogen-bond acceptors (Lipinski definition) is 4. The summed E-state index contributed by atoms with van der Waals surface area (Å²) in [7, 11) is -4.15. The molecule has 1 aromatic carbocycles. The predicted molar refractivity (Wildman–Crippen MR) is 62.7 cm³/mol. The highest BCUT2D eigenvalue weighted by molar-refractivity contribution is 7.92. The first-order valence-corrected chi connectivity index (χ1v) is 6.53. The Kier molecular flexibility index (Phi) is 3.40. The molecule has 1 aromatic heterocycles. The first kappa shape index (κ1) is 13.9. The van der Waals surface area contributed by atoms with E-state index in [2.05, 4.69) is 10.2 Å². The van der Waals surface area contributed by atoms with Gasteiger partial charge >= 0.3 is 5.97 Å². The Labute approximate surface area is 111 Å². The fourth-order valence-electron chi connectivity index (χ4n) is 1.38. The second kappa shape index (κ2) is 4.89. The zero-order valence-corrected chi connectivity index (χ0v) is 10.4. The van der Waals surface area contributed by atoms with Crippen LogP contribution in [0.15, 0.2) is 29.4 Å². The number of hydrogen-bond donors (Lipinski definition) is 3. The summed E-state index contributed by atoms with van der Waals surface area (Å²) in [6.45, 7) is 0. The van der Waals surface area contributed by atoms with E-state index in [1.807, 2.05) is 4.72 Å². The van der Waals surface area contributed by atoms with Crippen molar-refractivity contribution in [3.8, 4) is 0 Å². The second-order valence-electron chi connectivity index (χ2n) is 3.66. The molecule has 0 saturated carbocycles. The standard InChI is InChI=1S/C10H7F2N3O4S/c11-7-2-8(12)9(1-6(7)10(16)17)15-20(18,19)5-3-13-14-4-5/h1-4,15H,(H,13,14)(H,16,17). The van der Waals surface area contributed by atoms with Crippen molar-refractivity contribution in [3.63, 3.8) is 0 Å². The number of H-pyrrole nitrogens is 1. The van der Waals surface area contributed by atoms with Crippen LogP contribution in [-0.2, 0) is 10.0 Å². The van der Waals surface area contributed by atoms with Crippen LogP contribution in [0.4, 0.5) is 14.5 Å². The molecular formula is C10H7F2N3O4S. The average Bonchev–Trinajstić information content (AvgIpc) is 2.86. The highest BCUT2D eigenvalue weighted by Gasteiger charge is 2.21. The molecule has 7 nitrogen and oxygen atoms in total. The van der Waals surface area contributed by atoms with Crippen LogP contribution < -0.4 is 4.72 Å². The summed E-state index contributed by atoms with van der Waals surface area (Å²) in [6, 6.07) is 0.849. The minimum atomic E-state index is -4.15. The third-order valence-electron chi connectivity index (χ3n) is 2.31. The van der Waals surface area contributed by atoms with E-state index >= 15 is 0 Å². The quantitative estimate of drug-likeness (QED) is 0.785. The number of aromatic carboxylic acids is 1. The maximum absolute atomic E-state index is 13.5. The zero-order valence-electron chi connectivity index (χ0n) is 9.59. The van der Waals surface area contributed by atoms with Gasteiger partial charge in [0.05, 0.1) is 17.4 Å². The summed E-state index contributed by atoms with van der Waals surface area (Å²) in [5, 5.41) is 14.4. The van der Waals surface area contributed by atoms with Gasteiger partial charge in [0.15, 0.2) is 0 Å². The van der Waals surface area contributed by atoms with Crippen molar-refractivity contribution in [3.05, 3.63) is 41.7 Å². The lowest BCUT2D eigenvalue weighted by molar-refractivity contribution is 0.0692. The molecular weight excluding hydrogens is 296 g/mol. The number of aromatic nitrogens is 2. The van der Waals surface area contributed by atoms with Crippen LogP contribution in [0.2, 0.25) is 0 Å². The Morgan fingerprint density at radius 1 is 1.30 bits per heavy atom. The number of anilines is 1. The van der Waals surface area contributed by atoms with E-state index in [9.17, 15) is 22.0 Å². The molecule has 10 heteroatoms. The van der Waals surface area contributed by atoms with Crippen LogP contribution in [-0.4, -0.2) is 29.7 Å². The number of nitrogens with zero attached hydrogens (tertiary/aromatic N) is 1. The van der Waals surface area contributed by atoms with Crippen molar-refractivity contribution in [1.29, 1.82) is 0 Å². The van der Waals surface area contributed by atoms with E-state index in [0.717, 1.165) is 12.4 Å². The Morgan fingerprint density at radius 3 is 2.55 bits per heavy atom. The van der Waals surface area contributed by atoms with Crippen LogP contribution in [0, 0.1) is 11.6 Å². The largest absolute Gasteiger partial charge is 0.478 e. The number of nitrogens with one attached hydrogen (secondary N) is 2. The Bertz CT molecular complexity index is 759. The van der Waals surface area contributed by atoms with Crippen molar-refractivity contribution in [1.82, 2.24) is 10.2 Å². The predicted octanol–water partition coefficient (Wildman–Crippen LogP) is 1.19. The molecule has 0 bridgehead atoms. The van der Waals surface area contributed by atoms with Gasteiger partial charge in [-0.15, -0.1) is 0 Å². The topological polar surface area (TPSA) is 112 Å². The minimum Gasteiger partial charge on any atom is -0.478 e. The molecule has 0 radical (unpaired) electrons. The molecule has 0 unspecified atom stereocenters. The summed E-state index contributed by atoms with van der Waals surface area (Å²) in [5.74, 6) is -4.19. The number of sulfonamides is 1. The van der Waals surface area contributed by atoms with E-state index in [4.69, 9.17) is 5.11 Å². The van der Waals surface area contributed by atoms with E-state index in [1.54, 1.807) is 0 Å². The maximum Gasteiger partial charge on any atom is 0.338 e. The highest BCUT2D eigenvalue weighted by Crippen LogP contribution is 2.22. The molecule has 0 aliphatic heterocycles. The van der Waals surface area contributed by atoms with Crippen molar-refractivity contribution >= 4 is 21.7 Å². The number of carboxylic acid groups (broad SMARTS) is 1. The van der Waals surface area contributed by atoms with Crippen molar-refractivity contribution in [2.45, 2.75) is 4.90 Å². The SMILES string of the molecule is O=C(O)c1cc(NS(=O)(=O)c2cn[nH]c2)c(F)cc1F. The maximum atomic E-state index is 13.5. The van der Waals surface area contributed by atoms with Crippen molar-refractivity contribution in [2.24, 2.45) is 0 Å². The normalized spacial score (nSPS) is 11.3. The van der Waals surface area contributed by atoms with E-state index < -0.39 is 38.9 Å². The molecule has 106 valence electrons. The lowest BCUT2D eigenvalue weighted by Gasteiger charge is -2.08. The molecule has 20 heavy (non-hydrogen) atoms. The highest BCUT2D eigenvalue weighted by atomic mass is 32.2. The Hall–Kier alpha value is -2.49. The third-order valence-corrected chi connectivity index (χ3v) is 3.65. The lowest BCUT2D eigenvalue weighted by Crippen LogP contribution is -2.14. The van der Waals surface area contributed by atoms with Gasteiger partial charge in [-0.1, -0.05) is 0 Å². The molecule has 0 aliphatic rings. The van der Waals surface area contributed by atoms with Gasteiger partial charge in [-0.2, -0.15) is 5.10 Å². The van der Waals surface area contributed by atoms with Gasteiger partial charge in [-0.05, 0) is 6.07 Å². The molecule has 0 atom stereocenters. The number of benzene rings is 1. The average molecular weight is 303 g/mol. The number of carboxylic acids is 1. The molecule has 3 N–H and O–H groups in total. The van der Waals surface area contributed by atoms with E-state index in [1.165, 1.54) is 0 Å². The molecule has 0 saturated heterocycles. The van der Waals surface area contributed by atoms with Gasteiger partial charge < -0.3 is 5.11 Å². The minimum absolute atomic E-state index is 0.280. The van der Waals surface area contributed by atoms with Crippen LogP contribution in [0.5, 0.6) is 0 Å². The molecule has 0 fully saturated rings. The molecule has 0 spiro atoms. The van der Waals surface area contributed by atoms with Gasteiger partial charge in [0.1, 0.15) is 16.5 Å². The van der Waals surface area contributed by atoms with Gasteiger partial charge in [0.2, 0.25) is 0 Å². The van der Waals surface area contributed by atoms with Crippen molar-refractivity contribution < 1.29 is 27.1 Å². The van der Waals surface area contributed by atoms with E-state index in [0.29, 0.717) is 6.07 Å². The Balaban J connectivity index is 2.44. The van der Waals surface area contributed by atoms with Crippen LogP contribution in [0.1, 0.15) is 10.4 Å². The molecule has 0 aliphatic carbocycles. The van der Waals surface area contributed by atoms with E-state index in [-0.39, 0.29) is 11.0 Å². The second-order valence-corrected chi connectivity index (χ2v) is 5.34. The summed E-state index contributed by atoms with van der Waals surface area (Å²) in [5.41, 5.74) is -1.53.